The second-order valence-electron chi connectivity index (χ2n) is 5.18. The number of furan rings is 1. The third-order valence-electron chi connectivity index (χ3n) is 3.41. The molecule has 0 aliphatic carbocycles. The van der Waals surface area contributed by atoms with Gasteiger partial charge in [-0.15, -0.1) is 0 Å². The van der Waals surface area contributed by atoms with Crippen molar-refractivity contribution in [3.05, 3.63) is 22.6 Å². The van der Waals surface area contributed by atoms with Crippen molar-refractivity contribution >= 4 is 19.4 Å². The second kappa shape index (κ2) is 9.82. The standard InChI is InChI=1S/C16H29O4PS/c1-6-9-10-22-12-16-14(5)20-13(4)15(16)11-21(17,18-7-2)19-8-3/h6-12H2,1-5H3. The maximum Gasteiger partial charge on any atom is 0.335 e. The summed E-state index contributed by atoms with van der Waals surface area (Å²) in [4.78, 5) is 0. The van der Waals surface area contributed by atoms with Crippen LogP contribution < -0.4 is 0 Å². The van der Waals surface area contributed by atoms with Gasteiger partial charge in [0.2, 0.25) is 0 Å². The molecule has 0 saturated heterocycles. The summed E-state index contributed by atoms with van der Waals surface area (Å²) in [5, 5.41) is 0. The van der Waals surface area contributed by atoms with E-state index in [0.29, 0.717) is 19.4 Å². The van der Waals surface area contributed by atoms with Crippen LogP contribution in [-0.4, -0.2) is 19.0 Å². The monoisotopic (exact) mass is 348 g/mol. The normalized spacial score (nSPS) is 12.0. The van der Waals surface area contributed by atoms with E-state index in [1.807, 2.05) is 39.5 Å². The molecule has 1 aromatic rings. The number of hydrogen-bond acceptors (Lipinski definition) is 5. The first kappa shape index (κ1) is 19.8. The molecule has 22 heavy (non-hydrogen) atoms. The topological polar surface area (TPSA) is 48.7 Å². The second-order valence-corrected chi connectivity index (χ2v) is 8.34. The van der Waals surface area contributed by atoms with Crippen LogP contribution in [0.25, 0.3) is 0 Å². The molecule has 0 radical (unpaired) electrons. The van der Waals surface area contributed by atoms with E-state index in [9.17, 15) is 4.57 Å². The molecule has 1 aromatic heterocycles. The van der Waals surface area contributed by atoms with Gasteiger partial charge in [0.15, 0.2) is 0 Å². The van der Waals surface area contributed by atoms with Crippen LogP contribution in [0.15, 0.2) is 4.42 Å². The minimum absolute atomic E-state index is 0.293. The Morgan fingerprint density at radius 1 is 1.05 bits per heavy atom. The van der Waals surface area contributed by atoms with Crippen molar-refractivity contribution in [3.8, 4) is 0 Å². The predicted octanol–water partition coefficient (Wildman–Crippen LogP) is 5.70. The summed E-state index contributed by atoms with van der Waals surface area (Å²) in [7, 11) is -3.10. The Hall–Kier alpha value is -0.220. The number of rotatable bonds is 11. The Kier molecular flexibility index (Phi) is 8.85. The molecule has 0 bridgehead atoms. The van der Waals surface area contributed by atoms with Crippen molar-refractivity contribution in [3.63, 3.8) is 0 Å². The first-order chi connectivity index (χ1) is 10.5. The fraction of sp³-hybridized carbons (Fsp3) is 0.750. The highest BCUT2D eigenvalue weighted by Gasteiger charge is 2.28. The van der Waals surface area contributed by atoms with E-state index >= 15 is 0 Å². The van der Waals surface area contributed by atoms with Gasteiger partial charge >= 0.3 is 7.60 Å². The molecule has 0 atom stereocenters. The van der Waals surface area contributed by atoms with E-state index < -0.39 is 7.60 Å². The van der Waals surface area contributed by atoms with Gasteiger partial charge < -0.3 is 13.5 Å². The van der Waals surface area contributed by atoms with Gasteiger partial charge in [0.1, 0.15) is 11.5 Å². The molecule has 0 amide bonds. The Bertz CT molecular complexity index is 489. The molecule has 0 spiro atoms. The fourth-order valence-corrected chi connectivity index (χ4v) is 5.37. The maximum atomic E-state index is 12.8. The van der Waals surface area contributed by atoms with Crippen molar-refractivity contribution < 1.29 is 18.0 Å². The number of thioether (sulfide) groups is 1. The zero-order valence-corrected chi connectivity index (χ0v) is 16.1. The van der Waals surface area contributed by atoms with Gasteiger partial charge in [-0.05, 0) is 39.9 Å². The Morgan fingerprint density at radius 2 is 1.64 bits per heavy atom. The Labute approximate surface area is 138 Å². The van der Waals surface area contributed by atoms with Crippen LogP contribution in [0.5, 0.6) is 0 Å². The van der Waals surface area contributed by atoms with Gasteiger partial charge in [-0.2, -0.15) is 11.8 Å². The molecular formula is C16H29O4PS. The van der Waals surface area contributed by atoms with Crippen molar-refractivity contribution in [1.82, 2.24) is 0 Å². The molecule has 0 saturated carbocycles. The lowest BCUT2D eigenvalue weighted by Crippen LogP contribution is -2.01. The molecule has 0 aliphatic heterocycles. The highest BCUT2D eigenvalue weighted by Crippen LogP contribution is 2.52. The first-order valence-corrected chi connectivity index (χ1v) is 10.9. The van der Waals surface area contributed by atoms with Crippen molar-refractivity contribution in [2.75, 3.05) is 19.0 Å². The lowest BCUT2D eigenvalue weighted by Gasteiger charge is -2.17. The van der Waals surface area contributed by atoms with Gasteiger partial charge in [-0.1, -0.05) is 13.3 Å². The average Bonchev–Trinajstić information content (AvgIpc) is 2.70. The molecule has 6 heteroatoms. The zero-order valence-electron chi connectivity index (χ0n) is 14.4. The Balaban J connectivity index is 2.90. The first-order valence-electron chi connectivity index (χ1n) is 8.01. The zero-order chi connectivity index (χ0) is 16.6. The lowest BCUT2D eigenvalue weighted by molar-refractivity contribution is 0.219. The maximum absolute atomic E-state index is 12.8. The fourth-order valence-electron chi connectivity index (χ4n) is 2.31. The van der Waals surface area contributed by atoms with Gasteiger partial charge in [0.25, 0.3) is 0 Å². The number of aryl methyl sites for hydroxylation is 2. The molecule has 4 nitrogen and oxygen atoms in total. The predicted molar refractivity (Wildman–Crippen MR) is 93.8 cm³/mol. The third-order valence-corrected chi connectivity index (χ3v) is 6.49. The minimum Gasteiger partial charge on any atom is -0.466 e. The summed E-state index contributed by atoms with van der Waals surface area (Å²) in [6, 6.07) is 0. The SMILES string of the molecule is CCCCSCc1c(C)oc(C)c1CP(=O)(OCC)OCC. The molecule has 1 heterocycles. The largest absolute Gasteiger partial charge is 0.466 e. The van der Waals surface area contributed by atoms with Crippen LogP contribution in [0.2, 0.25) is 0 Å². The van der Waals surface area contributed by atoms with Crippen LogP contribution in [0.3, 0.4) is 0 Å². The summed E-state index contributed by atoms with van der Waals surface area (Å²) in [5.74, 6) is 3.75. The van der Waals surface area contributed by atoms with Crippen molar-refractivity contribution in [1.29, 1.82) is 0 Å². The van der Waals surface area contributed by atoms with Crippen molar-refractivity contribution in [2.24, 2.45) is 0 Å². The van der Waals surface area contributed by atoms with Gasteiger partial charge in [0.05, 0.1) is 19.4 Å². The molecule has 0 N–H and O–H groups in total. The smallest absolute Gasteiger partial charge is 0.335 e. The van der Waals surface area contributed by atoms with Gasteiger partial charge in [-0.3, -0.25) is 4.57 Å². The molecule has 0 fully saturated rings. The van der Waals surface area contributed by atoms with Crippen LogP contribution >= 0.6 is 19.4 Å². The summed E-state index contributed by atoms with van der Waals surface area (Å²) in [5.41, 5.74) is 2.14. The van der Waals surface area contributed by atoms with E-state index in [4.69, 9.17) is 13.5 Å². The van der Waals surface area contributed by atoms with Gasteiger partial charge in [0, 0.05) is 16.9 Å². The summed E-state index contributed by atoms with van der Waals surface area (Å²) in [6.45, 7) is 10.5. The van der Waals surface area contributed by atoms with Crippen LogP contribution in [0.4, 0.5) is 0 Å². The molecule has 0 aromatic carbocycles. The van der Waals surface area contributed by atoms with E-state index in [1.165, 1.54) is 12.8 Å². The van der Waals surface area contributed by atoms with Crippen LogP contribution in [0, 0.1) is 13.8 Å². The highest BCUT2D eigenvalue weighted by atomic mass is 32.2. The minimum atomic E-state index is -3.10. The Morgan fingerprint density at radius 3 is 2.18 bits per heavy atom. The summed E-state index contributed by atoms with van der Waals surface area (Å²) in [6.07, 6.45) is 2.71. The van der Waals surface area contributed by atoms with Crippen molar-refractivity contribution in [2.45, 2.75) is 59.4 Å². The van der Waals surface area contributed by atoms with E-state index in [2.05, 4.69) is 6.92 Å². The van der Waals surface area contributed by atoms with Crippen LogP contribution in [0.1, 0.15) is 56.3 Å². The van der Waals surface area contributed by atoms with E-state index in [0.717, 1.165) is 34.2 Å². The van der Waals surface area contributed by atoms with Crippen LogP contribution in [-0.2, 0) is 25.5 Å². The highest BCUT2D eigenvalue weighted by molar-refractivity contribution is 7.98. The quantitative estimate of drug-likeness (QED) is 0.379. The third kappa shape index (κ3) is 5.77. The summed E-state index contributed by atoms with van der Waals surface area (Å²) >= 11 is 1.89. The molecule has 0 aliphatic rings. The van der Waals surface area contributed by atoms with Gasteiger partial charge in [-0.25, -0.2) is 0 Å². The van der Waals surface area contributed by atoms with E-state index in [1.54, 1.807) is 0 Å². The summed E-state index contributed by atoms with van der Waals surface area (Å²) < 4.78 is 29.4. The number of unbranched alkanes of at least 4 members (excludes halogenated alkanes) is 1. The average molecular weight is 348 g/mol. The van der Waals surface area contributed by atoms with E-state index in [-0.39, 0.29) is 0 Å². The molecular weight excluding hydrogens is 319 g/mol. The number of hydrogen-bond donors (Lipinski definition) is 0. The molecule has 0 unspecified atom stereocenters. The lowest BCUT2D eigenvalue weighted by atomic mass is 10.1. The molecule has 128 valence electrons. The molecule has 1 rings (SSSR count).